The lowest BCUT2D eigenvalue weighted by molar-refractivity contribution is -0.167. The predicted molar refractivity (Wildman–Crippen MR) is 353 cm³/mol. The highest BCUT2D eigenvalue weighted by Gasteiger charge is 2.19. The van der Waals surface area contributed by atoms with Crippen LogP contribution in [-0.4, -0.2) is 37.2 Å². The van der Waals surface area contributed by atoms with Gasteiger partial charge in [0.1, 0.15) is 13.2 Å². The lowest BCUT2D eigenvalue weighted by atomic mass is 10.0. The molecule has 0 aliphatic rings. The Labute approximate surface area is 506 Å². The Morgan fingerprint density at radius 1 is 0.247 bits per heavy atom. The molecule has 0 amide bonds. The molecule has 0 rings (SSSR count). The Morgan fingerprint density at radius 2 is 0.444 bits per heavy atom. The molecule has 6 heteroatoms. The maximum Gasteiger partial charge on any atom is 0.306 e. The number of carbonyl (C=O) groups is 3. The maximum atomic E-state index is 12.9. The van der Waals surface area contributed by atoms with Crippen LogP contribution in [0.2, 0.25) is 0 Å². The van der Waals surface area contributed by atoms with Gasteiger partial charge in [0.05, 0.1) is 0 Å². The Bertz CT molecular complexity index is 1350. The fraction of sp³-hybridized carbons (Fsp3) is 0.880. The Balaban J connectivity index is 4.21. The highest BCUT2D eigenvalue weighted by molar-refractivity contribution is 5.71. The summed E-state index contributed by atoms with van der Waals surface area (Å²) >= 11 is 0. The number of hydrogen-bond donors (Lipinski definition) is 0. The summed E-state index contributed by atoms with van der Waals surface area (Å²) in [5.41, 5.74) is 0. The molecule has 0 saturated heterocycles. The van der Waals surface area contributed by atoms with Crippen LogP contribution < -0.4 is 0 Å². The minimum Gasteiger partial charge on any atom is -0.462 e. The molecular formula is C75H140O6. The lowest BCUT2D eigenvalue weighted by Crippen LogP contribution is -2.30. The fourth-order valence-electron chi connectivity index (χ4n) is 11.1. The smallest absolute Gasteiger partial charge is 0.306 e. The molecule has 0 aliphatic heterocycles. The Morgan fingerprint density at radius 3 is 0.716 bits per heavy atom. The fourth-order valence-corrected chi connectivity index (χ4v) is 11.1. The van der Waals surface area contributed by atoms with Gasteiger partial charge in [-0.05, 0) is 77.0 Å². The molecule has 0 aromatic rings. The van der Waals surface area contributed by atoms with Crippen molar-refractivity contribution in [2.75, 3.05) is 13.2 Å². The average Bonchev–Trinajstić information content (AvgIpc) is 3.47. The molecule has 0 spiro atoms. The number of unbranched alkanes of at least 4 members (excludes halogenated alkanes) is 51. The highest BCUT2D eigenvalue weighted by Crippen LogP contribution is 2.19. The number of hydrogen-bond acceptors (Lipinski definition) is 6. The first-order valence-electron chi connectivity index (χ1n) is 36.5. The topological polar surface area (TPSA) is 78.9 Å². The van der Waals surface area contributed by atoms with Crippen molar-refractivity contribution in [3.05, 3.63) is 36.5 Å². The minimum atomic E-state index is -0.778. The van der Waals surface area contributed by atoms with Gasteiger partial charge in [-0.25, -0.2) is 0 Å². The highest BCUT2D eigenvalue weighted by atomic mass is 16.6. The van der Waals surface area contributed by atoms with E-state index < -0.39 is 6.10 Å². The molecule has 0 radical (unpaired) electrons. The molecule has 476 valence electrons. The number of rotatable bonds is 68. The normalized spacial score (nSPS) is 12.2. The molecule has 1 unspecified atom stereocenters. The van der Waals surface area contributed by atoms with E-state index in [1.807, 2.05) is 0 Å². The molecule has 0 N–H and O–H groups in total. The van der Waals surface area contributed by atoms with E-state index in [0.717, 1.165) is 70.6 Å². The van der Waals surface area contributed by atoms with Crippen molar-refractivity contribution in [3.63, 3.8) is 0 Å². The van der Waals surface area contributed by atoms with E-state index in [2.05, 4.69) is 57.2 Å². The largest absolute Gasteiger partial charge is 0.462 e. The molecular weight excluding hydrogens is 997 g/mol. The SMILES string of the molecule is CCCCC/C=C\C/C=C\CCCCCCCCCC(=O)OC(COC(=O)CCCCCCCCC/C=C\CCCCCCCC)COC(=O)CCCCCCCCCCCCCCCCCCCCCCCCCCCCCCC. The number of esters is 3. The van der Waals surface area contributed by atoms with Crippen molar-refractivity contribution < 1.29 is 28.6 Å². The van der Waals surface area contributed by atoms with Crippen molar-refractivity contribution in [2.45, 2.75) is 412 Å². The van der Waals surface area contributed by atoms with Gasteiger partial charge < -0.3 is 14.2 Å². The summed E-state index contributed by atoms with van der Waals surface area (Å²) in [7, 11) is 0. The zero-order valence-corrected chi connectivity index (χ0v) is 54.8. The van der Waals surface area contributed by atoms with Gasteiger partial charge >= 0.3 is 17.9 Å². The summed E-state index contributed by atoms with van der Waals surface area (Å²) in [5, 5.41) is 0. The molecule has 6 nitrogen and oxygen atoms in total. The Hall–Kier alpha value is -2.37. The van der Waals surface area contributed by atoms with E-state index in [1.165, 1.54) is 295 Å². The molecule has 0 aromatic heterocycles. The van der Waals surface area contributed by atoms with Crippen LogP contribution in [0.3, 0.4) is 0 Å². The molecule has 0 fully saturated rings. The van der Waals surface area contributed by atoms with E-state index >= 15 is 0 Å². The van der Waals surface area contributed by atoms with Crippen LogP contribution in [0, 0.1) is 0 Å². The van der Waals surface area contributed by atoms with Crippen LogP contribution in [0.5, 0.6) is 0 Å². The van der Waals surface area contributed by atoms with Gasteiger partial charge in [0, 0.05) is 19.3 Å². The summed E-state index contributed by atoms with van der Waals surface area (Å²) in [6.07, 6.45) is 87.6. The molecule has 0 aliphatic carbocycles. The van der Waals surface area contributed by atoms with Crippen molar-refractivity contribution >= 4 is 17.9 Å². The third-order valence-electron chi connectivity index (χ3n) is 16.6. The van der Waals surface area contributed by atoms with E-state index in [0.29, 0.717) is 19.3 Å². The van der Waals surface area contributed by atoms with Crippen molar-refractivity contribution in [3.8, 4) is 0 Å². The predicted octanol–water partition coefficient (Wildman–Crippen LogP) is 25.1. The minimum absolute atomic E-state index is 0.0722. The third kappa shape index (κ3) is 68.3. The van der Waals surface area contributed by atoms with Gasteiger partial charge in [-0.3, -0.25) is 14.4 Å². The molecule has 1 atom stereocenters. The maximum absolute atomic E-state index is 12.9. The number of carbonyl (C=O) groups excluding carboxylic acids is 3. The number of ether oxygens (including phenoxy) is 3. The first-order chi connectivity index (χ1) is 40.0. The monoisotopic (exact) mass is 1140 g/mol. The second-order valence-electron chi connectivity index (χ2n) is 24.9. The van der Waals surface area contributed by atoms with Crippen LogP contribution in [0.1, 0.15) is 406 Å². The van der Waals surface area contributed by atoms with Crippen molar-refractivity contribution in [1.29, 1.82) is 0 Å². The van der Waals surface area contributed by atoms with Crippen molar-refractivity contribution in [2.24, 2.45) is 0 Å². The van der Waals surface area contributed by atoms with Crippen molar-refractivity contribution in [1.82, 2.24) is 0 Å². The van der Waals surface area contributed by atoms with Gasteiger partial charge in [0.15, 0.2) is 6.10 Å². The van der Waals surface area contributed by atoms with Crippen LogP contribution in [0.4, 0.5) is 0 Å². The summed E-state index contributed by atoms with van der Waals surface area (Å²) < 4.78 is 17.0. The molecule has 0 saturated carbocycles. The van der Waals surface area contributed by atoms with Gasteiger partial charge in [0.2, 0.25) is 0 Å². The van der Waals surface area contributed by atoms with Gasteiger partial charge in [-0.15, -0.1) is 0 Å². The summed E-state index contributed by atoms with van der Waals surface area (Å²) in [5.74, 6) is -0.856. The second kappa shape index (κ2) is 70.1. The molecule has 81 heavy (non-hydrogen) atoms. The quantitative estimate of drug-likeness (QED) is 0.0261. The number of allylic oxidation sites excluding steroid dienone is 6. The van der Waals surface area contributed by atoms with Crippen LogP contribution >= 0.6 is 0 Å². The Kier molecular flexibility index (Phi) is 68.1. The summed E-state index contributed by atoms with van der Waals surface area (Å²) in [6, 6.07) is 0. The lowest BCUT2D eigenvalue weighted by Gasteiger charge is -2.18. The molecule has 0 bridgehead atoms. The van der Waals surface area contributed by atoms with Gasteiger partial charge in [-0.2, -0.15) is 0 Å². The molecule has 0 aromatic carbocycles. The first kappa shape index (κ1) is 78.6. The van der Waals surface area contributed by atoms with E-state index in [-0.39, 0.29) is 31.1 Å². The second-order valence-corrected chi connectivity index (χ2v) is 24.9. The summed E-state index contributed by atoms with van der Waals surface area (Å²) in [4.78, 5) is 38.5. The zero-order chi connectivity index (χ0) is 58.5. The van der Waals surface area contributed by atoms with E-state index in [9.17, 15) is 14.4 Å². The van der Waals surface area contributed by atoms with Crippen LogP contribution in [-0.2, 0) is 28.6 Å². The third-order valence-corrected chi connectivity index (χ3v) is 16.6. The zero-order valence-electron chi connectivity index (χ0n) is 54.8. The average molecular weight is 1140 g/mol. The van der Waals surface area contributed by atoms with E-state index in [4.69, 9.17) is 14.2 Å². The van der Waals surface area contributed by atoms with Gasteiger partial charge in [-0.1, -0.05) is 346 Å². The van der Waals surface area contributed by atoms with E-state index in [1.54, 1.807) is 0 Å². The standard InChI is InChI=1S/C75H140O6/c1-4-7-10-13-16-19-22-25-28-31-32-33-34-35-36-37-38-39-40-41-42-45-47-50-53-56-59-62-65-68-74(77)80-71-72(81-75(78)69-66-63-60-57-54-51-48-44-30-27-24-21-18-15-12-9-6-3)70-79-73(76)67-64-61-58-55-52-49-46-43-29-26-23-20-17-14-11-8-5-2/h18,21,26-27,29-30,72H,4-17,19-20,22-25,28,31-71H2,1-3H3/b21-18-,29-26-,30-27-. The first-order valence-corrected chi connectivity index (χ1v) is 36.5. The van der Waals surface area contributed by atoms with Crippen LogP contribution in [0.15, 0.2) is 36.5 Å². The summed E-state index contributed by atoms with van der Waals surface area (Å²) in [6.45, 7) is 6.68. The van der Waals surface area contributed by atoms with Crippen LogP contribution in [0.25, 0.3) is 0 Å². The molecule has 0 heterocycles. The van der Waals surface area contributed by atoms with Gasteiger partial charge in [0.25, 0.3) is 0 Å².